The minimum Gasteiger partial charge on any atom is -0.467 e. The molecule has 1 fully saturated rings. The molecule has 1 saturated carbocycles. The lowest BCUT2D eigenvalue weighted by Crippen LogP contribution is -2.37. The first-order valence-corrected chi connectivity index (χ1v) is 7.64. The number of rotatable bonds is 5. The number of hydrogen-bond donors (Lipinski definition) is 2. The zero-order valence-corrected chi connectivity index (χ0v) is 12.4. The highest BCUT2D eigenvalue weighted by atomic mass is 16.5. The summed E-state index contributed by atoms with van der Waals surface area (Å²) in [7, 11) is 0. The van der Waals surface area contributed by atoms with Crippen molar-refractivity contribution >= 4 is 5.91 Å². The van der Waals surface area contributed by atoms with E-state index in [1.165, 1.54) is 25.5 Å². The van der Waals surface area contributed by atoms with Crippen LogP contribution in [-0.4, -0.2) is 22.1 Å². The van der Waals surface area contributed by atoms with Crippen molar-refractivity contribution in [3.8, 4) is 11.5 Å². The molecule has 0 unspecified atom stereocenters. The first kappa shape index (κ1) is 14.8. The first-order valence-electron chi connectivity index (χ1n) is 7.64. The molecule has 0 atom stereocenters. The third kappa shape index (κ3) is 3.54. The van der Waals surface area contributed by atoms with Crippen LogP contribution in [0.1, 0.15) is 43.7 Å². The van der Waals surface area contributed by atoms with Crippen molar-refractivity contribution in [2.24, 2.45) is 5.73 Å². The van der Waals surface area contributed by atoms with Gasteiger partial charge < -0.3 is 20.0 Å². The molecule has 2 heterocycles. The maximum absolute atomic E-state index is 12.0. The van der Waals surface area contributed by atoms with Crippen LogP contribution in [-0.2, 0) is 17.8 Å². The average Bonchev–Trinajstić information content (AvgIpc) is 3.16. The van der Waals surface area contributed by atoms with Crippen LogP contribution >= 0.6 is 0 Å². The summed E-state index contributed by atoms with van der Waals surface area (Å²) in [5, 5.41) is 6.87. The average molecular weight is 304 g/mol. The zero-order chi connectivity index (χ0) is 15.4. The van der Waals surface area contributed by atoms with E-state index in [1.807, 2.05) is 0 Å². The van der Waals surface area contributed by atoms with Gasteiger partial charge in [0, 0.05) is 6.04 Å². The van der Waals surface area contributed by atoms with Gasteiger partial charge in [-0.05, 0) is 18.9 Å². The lowest BCUT2D eigenvalue weighted by Gasteiger charge is -2.22. The third-order valence-electron chi connectivity index (χ3n) is 3.86. The molecule has 1 aliphatic carbocycles. The number of carbonyl (C=O) groups is 1. The van der Waals surface area contributed by atoms with E-state index in [1.54, 1.807) is 6.07 Å². The lowest BCUT2D eigenvalue weighted by atomic mass is 9.95. The molecule has 1 amide bonds. The number of amides is 1. The minimum atomic E-state index is -0.0610. The second-order valence-electron chi connectivity index (χ2n) is 5.60. The molecule has 0 saturated heterocycles. The third-order valence-corrected chi connectivity index (χ3v) is 3.86. The fourth-order valence-electron chi connectivity index (χ4n) is 2.71. The number of carbonyl (C=O) groups excluding carboxylic acids is 1. The van der Waals surface area contributed by atoms with Crippen molar-refractivity contribution in [3.05, 3.63) is 23.9 Å². The van der Waals surface area contributed by atoms with Crippen molar-refractivity contribution in [1.29, 1.82) is 0 Å². The number of nitrogens with zero attached hydrogens (tertiary/aromatic N) is 2. The van der Waals surface area contributed by atoms with Crippen LogP contribution in [0.15, 0.2) is 21.3 Å². The van der Waals surface area contributed by atoms with Crippen LogP contribution in [0.2, 0.25) is 0 Å². The molecule has 3 N–H and O–H groups in total. The van der Waals surface area contributed by atoms with Crippen molar-refractivity contribution in [2.45, 2.75) is 51.1 Å². The smallest absolute Gasteiger partial charge is 0.261 e. The van der Waals surface area contributed by atoms with E-state index < -0.39 is 0 Å². The van der Waals surface area contributed by atoms with Gasteiger partial charge >= 0.3 is 0 Å². The van der Waals surface area contributed by atoms with E-state index in [0.29, 0.717) is 29.6 Å². The van der Waals surface area contributed by atoms with Gasteiger partial charge in [0.1, 0.15) is 12.0 Å². The van der Waals surface area contributed by atoms with Gasteiger partial charge in [0.2, 0.25) is 5.91 Å². The summed E-state index contributed by atoms with van der Waals surface area (Å²) < 4.78 is 10.4. The van der Waals surface area contributed by atoms with Crippen LogP contribution in [0.5, 0.6) is 0 Å². The SMILES string of the molecule is NCc1cc(-c2nc(CC(=O)NC3CCCCC3)no2)co1. The molecule has 0 radical (unpaired) electrons. The standard InChI is InChI=1S/C15H20N4O3/c16-8-12-6-10(9-21-12)15-18-13(19-22-15)7-14(20)17-11-4-2-1-3-5-11/h6,9,11H,1-5,7-8,16H2,(H,17,20). The summed E-state index contributed by atoms with van der Waals surface area (Å²) in [6.45, 7) is 0.310. The van der Waals surface area contributed by atoms with Crippen molar-refractivity contribution in [3.63, 3.8) is 0 Å². The molecule has 2 aromatic rings. The Morgan fingerprint density at radius 2 is 2.18 bits per heavy atom. The van der Waals surface area contributed by atoms with Crippen LogP contribution in [0.4, 0.5) is 0 Å². The van der Waals surface area contributed by atoms with Gasteiger partial charge in [-0.1, -0.05) is 24.4 Å². The van der Waals surface area contributed by atoms with Gasteiger partial charge in [-0.15, -0.1) is 0 Å². The molecule has 118 valence electrons. The van der Waals surface area contributed by atoms with Crippen molar-refractivity contribution in [2.75, 3.05) is 0 Å². The molecule has 22 heavy (non-hydrogen) atoms. The van der Waals surface area contributed by atoms with Crippen LogP contribution in [0.25, 0.3) is 11.5 Å². The van der Waals surface area contributed by atoms with Gasteiger partial charge in [0.05, 0.1) is 18.5 Å². The maximum Gasteiger partial charge on any atom is 0.261 e. The van der Waals surface area contributed by atoms with Gasteiger partial charge in [-0.2, -0.15) is 4.98 Å². The summed E-state index contributed by atoms with van der Waals surface area (Å²) >= 11 is 0. The van der Waals surface area contributed by atoms with Gasteiger partial charge in [-0.25, -0.2) is 0 Å². The summed E-state index contributed by atoms with van der Waals surface area (Å²) in [4.78, 5) is 16.2. The van der Waals surface area contributed by atoms with Gasteiger partial charge in [0.15, 0.2) is 5.82 Å². The van der Waals surface area contributed by atoms with E-state index in [-0.39, 0.29) is 18.4 Å². The maximum atomic E-state index is 12.0. The lowest BCUT2D eigenvalue weighted by molar-refractivity contribution is -0.121. The summed E-state index contributed by atoms with van der Waals surface area (Å²) in [6, 6.07) is 2.04. The molecule has 0 aliphatic heterocycles. The Bertz CT molecular complexity index is 628. The number of hydrogen-bond acceptors (Lipinski definition) is 6. The number of aromatic nitrogens is 2. The molecule has 1 aliphatic rings. The van der Waals surface area contributed by atoms with Gasteiger partial charge in [-0.3, -0.25) is 4.79 Å². The van der Waals surface area contributed by atoms with E-state index in [2.05, 4.69) is 15.5 Å². The molecular formula is C15H20N4O3. The largest absolute Gasteiger partial charge is 0.467 e. The van der Waals surface area contributed by atoms with Crippen molar-refractivity contribution < 1.29 is 13.7 Å². The quantitative estimate of drug-likeness (QED) is 0.872. The normalized spacial score (nSPS) is 15.9. The molecule has 0 spiro atoms. The number of furan rings is 1. The van der Waals surface area contributed by atoms with Gasteiger partial charge in [0.25, 0.3) is 5.89 Å². The second-order valence-corrected chi connectivity index (χ2v) is 5.60. The predicted octanol–water partition coefficient (Wildman–Crippen LogP) is 1.78. The highest BCUT2D eigenvalue weighted by molar-refractivity contribution is 5.78. The van der Waals surface area contributed by atoms with Crippen molar-refractivity contribution in [1.82, 2.24) is 15.5 Å². The Hall–Kier alpha value is -2.15. The Kier molecular flexibility index (Phi) is 4.53. The zero-order valence-electron chi connectivity index (χ0n) is 12.4. The first-order chi connectivity index (χ1) is 10.7. The molecule has 0 aromatic carbocycles. The Morgan fingerprint density at radius 3 is 2.91 bits per heavy atom. The highest BCUT2D eigenvalue weighted by Gasteiger charge is 2.18. The summed E-state index contributed by atoms with van der Waals surface area (Å²) in [6.07, 6.45) is 7.38. The molecule has 7 nitrogen and oxygen atoms in total. The van der Waals surface area contributed by atoms with E-state index in [9.17, 15) is 4.79 Å². The summed E-state index contributed by atoms with van der Waals surface area (Å²) in [5.41, 5.74) is 6.16. The number of nitrogens with two attached hydrogens (primary N) is 1. The molecule has 2 aromatic heterocycles. The van der Waals surface area contributed by atoms with E-state index in [0.717, 1.165) is 12.8 Å². The molecular weight excluding hydrogens is 284 g/mol. The Morgan fingerprint density at radius 1 is 1.36 bits per heavy atom. The van der Waals surface area contributed by atoms with Crippen LogP contribution in [0, 0.1) is 0 Å². The minimum absolute atomic E-state index is 0.0610. The summed E-state index contributed by atoms with van der Waals surface area (Å²) in [5.74, 6) is 1.29. The van der Waals surface area contributed by atoms with Crippen LogP contribution in [0.3, 0.4) is 0 Å². The molecule has 3 rings (SSSR count). The number of nitrogens with one attached hydrogen (secondary N) is 1. The second kappa shape index (κ2) is 6.74. The van der Waals surface area contributed by atoms with Crippen LogP contribution < -0.4 is 11.1 Å². The monoisotopic (exact) mass is 304 g/mol. The molecule has 7 heteroatoms. The molecule has 0 bridgehead atoms. The van der Waals surface area contributed by atoms with E-state index >= 15 is 0 Å². The highest BCUT2D eigenvalue weighted by Crippen LogP contribution is 2.20. The topological polar surface area (TPSA) is 107 Å². The Labute approximate surface area is 128 Å². The Balaban J connectivity index is 1.57. The van der Waals surface area contributed by atoms with E-state index in [4.69, 9.17) is 14.7 Å². The fourth-order valence-corrected chi connectivity index (χ4v) is 2.71. The predicted molar refractivity (Wildman–Crippen MR) is 78.6 cm³/mol. The fraction of sp³-hybridized carbons (Fsp3) is 0.533.